The summed E-state index contributed by atoms with van der Waals surface area (Å²) < 4.78 is 62.0. The Hall–Kier alpha value is -2.15. The van der Waals surface area contributed by atoms with Crippen molar-refractivity contribution < 1.29 is 26.4 Å². The molecule has 2 aromatic rings. The number of hydrogen-bond donors (Lipinski definition) is 0. The number of ketones is 1. The van der Waals surface area contributed by atoms with E-state index in [4.69, 9.17) is 0 Å². The lowest BCUT2D eigenvalue weighted by molar-refractivity contribution is -0.137. The first-order chi connectivity index (χ1) is 12.0. The molecule has 0 bridgehead atoms. The second kappa shape index (κ2) is 7.61. The van der Waals surface area contributed by atoms with Crippen molar-refractivity contribution in [3.8, 4) is 0 Å². The molecule has 0 heterocycles. The fourth-order valence-corrected chi connectivity index (χ4v) is 3.32. The quantitative estimate of drug-likeness (QED) is 0.691. The minimum Gasteiger partial charge on any atom is -0.294 e. The van der Waals surface area contributed by atoms with E-state index in [0.29, 0.717) is 11.1 Å². The standard InChI is InChI=1S/C19H19F3O3S/c1-13(2)26(24,25)12-14-6-8-16(9-7-14)18(23)11-15-4-3-5-17(10-15)19(20,21)22/h3-10,13H,11-12H2,1-2H3. The molecule has 26 heavy (non-hydrogen) atoms. The summed E-state index contributed by atoms with van der Waals surface area (Å²) in [4.78, 5) is 12.3. The highest BCUT2D eigenvalue weighted by Crippen LogP contribution is 2.29. The second-order valence-electron chi connectivity index (χ2n) is 6.35. The van der Waals surface area contributed by atoms with Gasteiger partial charge in [0.15, 0.2) is 15.6 Å². The van der Waals surface area contributed by atoms with E-state index in [2.05, 4.69) is 0 Å². The van der Waals surface area contributed by atoms with E-state index in [1.165, 1.54) is 24.3 Å². The van der Waals surface area contributed by atoms with Crippen LogP contribution in [-0.4, -0.2) is 19.5 Å². The molecule has 0 amide bonds. The first-order valence-electron chi connectivity index (χ1n) is 7.99. The number of hydrogen-bond acceptors (Lipinski definition) is 3. The molecule has 0 aliphatic carbocycles. The minimum atomic E-state index is -4.46. The molecule has 0 fully saturated rings. The van der Waals surface area contributed by atoms with Crippen molar-refractivity contribution >= 4 is 15.6 Å². The maximum atomic E-state index is 12.7. The number of halogens is 3. The highest BCUT2D eigenvalue weighted by Gasteiger charge is 2.30. The van der Waals surface area contributed by atoms with Crippen molar-refractivity contribution in [2.24, 2.45) is 0 Å². The highest BCUT2D eigenvalue weighted by atomic mass is 32.2. The summed E-state index contributed by atoms with van der Waals surface area (Å²) in [6, 6.07) is 10.8. The van der Waals surface area contributed by atoms with Gasteiger partial charge in [0.05, 0.1) is 16.6 Å². The maximum absolute atomic E-state index is 12.7. The molecule has 2 aromatic carbocycles. The van der Waals surface area contributed by atoms with E-state index < -0.39 is 26.8 Å². The number of carbonyl (C=O) groups is 1. The molecule has 0 N–H and O–H groups in total. The number of benzene rings is 2. The number of carbonyl (C=O) groups excluding carboxylic acids is 1. The van der Waals surface area contributed by atoms with Gasteiger partial charge >= 0.3 is 6.18 Å². The van der Waals surface area contributed by atoms with Crippen LogP contribution in [0.25, 0.3) is 0 Å². The molecular formula is C19H19F3O3S. The van der Waals surface area contributed by atoms with Gasteiger partial charge in [-0.25, -0.2) is 8.42 Å². The van der Waals surface area contributed by atoms with Gasteiger partial charge in [-0.2, -0.15) is 13.2 Å². The van der Waals surface area contributed by atoms with Crippen LogP contribution >= 0.6 is 0 Å². The third-order valence-corrected chi connectivity index (χ3v) is 6.15. The van der Waals surface area contributed by atoms with Crippen LogP contribution in [0.4, 0.5) is 13.2 Å². The zero-order valence-electron chi connectivity index (χ0n) is 14.4. The van der Waals surface area contributed by atoms with E-state index in [9.17, 15) is 26.4 Å². The van der Waals surface area contributed by atoms with Gasteiger partial charge in [-0.3, -0.25) is 4.79 Å². The Morgan fingerprint density at radius 1 is 1.00 bits per heavy atom. The van der Waals surface area contributed by atoms with E-state index in [-0.39, 0.29) is 23.5 Å². The van der Waals surface area contributed by atoms with Crippen molar-refractivity contribution in [2.75, 3.05) is 0 Å². The molecule has 0 aliphatic heterocycles. The van der Waals surface area contributed by atoms with Crippen LogP contribution in [-0.2, 0) is 28.2 Å². The summed E-state index contributed by atoms with van der Waals surface area (Å²) >= 11 is 0. The normalized spacial score (nSPS) is 12.4. The molecule has 0 aliphatic rings. The average Bonchev–Trinajstić information content (AvgIpc) is 2.54. The van der Waals surface area contributed by atoms with Crippen molar-refractivity contribution in [3.05, 3.63) is 70.8 Å². The number of Topliss-reactive ketones (excluding diaryl/α,β-unsaturated/α-hetero) is 1. The van der Waals surface area contributed by atoms with E-state index >= 15 is 0 Å². The zero-order chi connectivity index (χ0) is 19.5. The van der Waals surface area contributed by atoms with Crippen molar-refractivity contribution in [3.63, 3.8) is 0 Å². The molecule has 0 atom stereocenters. The number of sulfone groups is 1. The van der Waals surface area contributed by atoms with Crippen LogP contribution in [0.2, 0.25) is 0 Å². The molecule has 0 radical (unpaired) electrons. The van der Waals surface area contributed by atoms with Gasteiger partial charge in [0.25, 0.3) is 0 Å². The van der Waals surface area contributed by atoms with E-state index in [1.807, 2.05) is 0 Å². The van der Waals surface area contributed by atoms with Gasteiger partial charge in [-0.15, -0.1) is 0 Å². The Morgan fingerprint density at radius 2 is 1.62 bits per heavy atom. The summed E-state index contributed by atoms with van der Waals surface area (Å²) in [5, 5.41) is -0.496. The second-order valence-corrected chi connectivity index (χ2v) is 8.91. The Balaban J connectivity index is 2.11. The molecule has 7 heteroatoms. The topological polar surface area (TPSA) is 51.2 Å². The first-order valence-corrected chi connectivity index (χ1v) is 9.70. The molecule has 0 spiro atoms. The Morgan fingerprint density at radius 3 is 2.15 bits per heavy atom. The fraction of sp³-hybridized carbons (Fsp3) is 0.316. The molecule has 0 saturated carbocycles. The van der Waals surface area contributed by atoms with E-state index in [0.717, 1.165) is 12.1 Å². The van der Waals surface area contributed by atoms with Gasteiger partial charge in [-0.1, -0.05) is 42.5 Å². The largest absolute Gasteiger partial charge is 0.416 e. The average molecular weight is 384 g/mol. The van der Waals surface area contributed by atoms with Gasteiger partial charge in [0.1, 0.15) is 0 Å². The third-order valence-electron chi connectivity index (χ3n) is 3.98. The minimum absolute atomic E-state index is 0.118. The number of alkyl halides is 3. The van der Waals surface area contributed by atoms with Gasteiger partial charge in [-0.05, 0) is 31.0 Å². The number of rotatable bonds is 6. The van der Waals surface area contributed by atoms with Crippen LogP contribution in [0.3, 0.4) is 0 Å². The fourth-order valence-electron chi connectivity index (χ4n) is 2.33. The molecular weight excluding hydrogens is 365 g/mol. The Bertz CT molecular complexity index is 883. The van der Waals surface area contributed by atoms with Crippen LogP contribution < -0.4 is 0 Å². The molecule has 0 unspecified atom stereocenters. The Labute approximate surface area is 150 Å². The summed E-state index contributed by atoms with van der Waals surface area (Å²) in [5.74, 6) is -0.449. The van der Waals surface area contributed by atoms with Gasteiger partial charge in [0, 0.05) is 12.0 Å². The first kappa shape index (κ1) is 20.2. The van der Waals surface area contributed by atoms with Crippen LogP contribution in [0.5, 0.6) is 0 Å². The lowest BCUT2D eigenvalue weighted by Crippen LogP contribution is -2.16. The van der Waals surface area contributed by atoms with E-state index in [1.54, 1.807) is 26.0 Å². The molecule has 0 saturated heterocycles. The molecule has 140 valence electrons. The highest BCUT2D eigenvalue weighted by molar-refractivity contribution is 7.91. The summed E-state index contributed by atoms with van der Waals surface area (Å²) in [6.07, 6.45) is -4.61. The predicted molar refractivity (Wildman–Crippen MR) is 93.7 cm³/mol. The Kier molecular flexibility index (Phi) is 5.91. The van der Waals surface area contributed by atoms with Crippen LogP contribution in [0, 0.1) is 0 Å². The summed E-state index contributed by atoms with van der Waals surface area (Å²) in [5.41, 5.74) is 0.371. The van der Waals surface area contributed by atoms with Crippen molar-refractivity contribution in [2.45, 2.75) is 37.4 Å². The smallest absolute Gasteiger partial charge is 0.294 e. The monoisotopic (exact) mass is 384 g/mol. The lowest BCUT2D eigenvalue weighted by Gasteiger charge is -2.09. The molecule has 3 nitrogen and oxygen atoms in total. The summed E-state index contributed by atoms with van der Waals surface area (Å²) in [6.45, 7) is 3.20. The zero-order valence-corrected chi connectivity index (χ0v) is 15.2. The third kappa shape index (κ3) is 5.17. The van der Waals surface area contributed by atoms with Crippen LogP contribution in [0.1, 0.15) is 40.9 Å². The molecule has 2 rings (SSSR count). The van der Waals surface area contributed by atoms with Gasteiger partial charge < -0.3 is 0 Å². The summed E-state index contributed by atoms with van der Waals surface area (Å²) in [7, 11) is -3.24. The SMILES string of the molecule is CC(C)S(=O)(=O)Cc1ccc(C(=O)Cc2cccc(C(F)(F)F)c2)cc1. The van der Waals surface area contributed by atoms with Crippen LogP contribution in [0.15, 0.2) is 48.5 Å². The van der Waals surface area contributed by atoms with Gasteiger partial charge in [0.2, 0.25) is 0 Å². The maximum Gasteiger partial charge on any atom is 0.416 e. The molecule has 0 aromatic heterocycles. The van der Waals surface area contributed by atoms with Crippen molar-refractivity contribution in [1.29, 1.82) is 0 Å². The van der Waals surface area contributed by atoms with Crippen molar-refractivity contribution in [1.82, 2.24) is 0 Å². The predicted octanol–water partition coefficient (Wildman–Crippen LogP) is 4.45. The lowest BCUT2D eigenvalue weighted by atomic mass is 10.0.